The summed E-state index contributed by atoms with van der Waals surface area (Å²) in [5, 5.41) is 18.5. The first-order chi connectivity index (χ1) is 5.22. The molecule has 0 aromatic heterocycles. The van der Waals surface area contributed by atoms with Crippen LogP contribution in [0.5, 0.6) is 0 Å². The van der Waals surface area contributed by atoms with Crippen LogP contribution in [0.25, 0.3) is 0 Å². The van der Waals surface area contributed by atoms with Gasteiger partial charge in [0.05, 0.1) is 12.2 Å². The minimum Gasteiger partial charge on any atom is -0.393 e. The Labute approximate surface area is 69.5 Å². The van der Waals surface area contributed by atoms with Crippen LogP contribution in [0.15, 0.2) is 11.6 Å². The summed E-state index contributed by atoms with van der Waals surface area (Å²) in [5.41, 5.74) is 1.19. The van der Waals surface area contributed by atoms with E-state index in [1.54, 1.807) is 0 Å². The molecule has 0 aromatic carbocycles. The molecule has 0 saturated heterocycles. The molecule has 3 heteroatoms. The summed E-state index contributed by atoms with van der Waals surface area (Å²) in [5.74, 6) is 0. The van der Waals surface area contributed by atoms with Crippen LogP contribution in [-0.2, 0) is 0 Å². The molecule has 2 N–H and O–H groups in total. The summed E-state index contributed by atoms with van der Waals surface area (Å²) in [7, 11) is 2.61. The van der Waals surface area contributed by atoms with Gasteiger partial charge in [-0.15, -0.1) is 9.24 Å². The zero-order valence-electron chi connectivity index (χ0n) is 6.53. The maximum Gasteiger partial charge on any atom is 0.0602 e. The molecule has 1 unspecified atom stereocenters. The maximum atomic E-state index is 9.27. The van der Waals surface area contributed by atoms with E-state index < -0.39 is 0 Å². The molecule has 0 spiro atoms. The lowest BCUT2D eigenvalue weighted by atomic mass is 9.90. The van der Waals surface area contributed by atoms with Crippen LogP contribution < -0.4 is 0 Å². The average Bonchev–Trinajstić information content (AvgIpc) is 1.85. The molecule has 0 aromatic rings. The largest absolute Gasteiger partial charge is 0.393 e. The number of allylic oxidation sites excluding steroid dienone is 1. The van der Waals surface area contributed by atoms with Gasteiger partial charge in [0, 0.05) is 0 Å². The minimum absolute atomic E-state index is 0.332. The lowest BCUT2D eigenvalue weighted by Gasteiger charge is -2.24. The first kappa shape index (κ1) is 9.18. The molecule has 1 aliphatic rings. The number of aliphatic hydroxyl groups is 2. The van der Waals surface area contributed by atoms with Crippen molar-refractivity contribution in [2.75, 3.05) is 6.16 Å². The lowest BCUT2D eigenvalue weighted by Crippen LogP contribution is -2.24. The van der Waals surface area contributed by atoms with Crippen LogP contribution >= 0.6 is 9.24 Å². The highest BCUT2D eigenvalue weighted by atomic mass is 31.0. The van der Waals surface area contributed by atoms with E-state index in [0.717, 1.165) is 19.0 Å². The molecule has 0 aliphatic heterocycles. The van der Waals surface area contributed by atoms with Crippen molar-refractivity contribution in [3.63, 3.8) is 0 Å². The predicted octanol–water partition coefficient (Wildman–Crippen LogP) is 0.694. The van der Waals surface area contributed by atoms with Crippen LogP contribution in [0.2, 0.25) is 0 Å². The van der Waals surface area contributed by atoms with Gasteiger partial charge in [-0.3, -0.25) is 0 Å². The van der Waals surface area contributed by atoms with Crippen LogP contribution in [0.4, 0.5) is 0 Å². The van der Waals surface area contributed by atoms with E-state index in [9.17, 15) is 10.2 Å². The zero-order valence-corrected chi connectivity index (χ0v) is 7.69. The highest BCUT2D eigenvalue weighted by Crippen LogP contribution is 2.23. The molecule has 0 heterocycles. The van der Waals surface area contributed by atoms with Gasteiger partial charge in [-0.2, -0.15) is 0 Å². The highest BCUT2D eigenvalue weighted by Gasteiger charge is 2.20. The summed E-state index contributed by atoms with van der Waals surface area (Å²) in [6.45, 7) is 0. The van der Waals surface area contributed by atoms with Crippen LogP contribution in [0.1, 0.15) is 19.3 Å². The van der Waals surface area contributed by atoms with Crippen molar-refractivity contribution in [1.82, 2.24) is 0 Å². The topological polar surface area (TPSA) is 40.5 Å². The summed E-state index contributed by atoms with van der Waals surface area (Å²) in [6, 6.07) is 0. The first-order valence-electron chi connectivity index (χ1n) is 3.96. The number of hydrogen-bond donors (Lipinski definition) is 2. The standard InChI is InChI=1S/C8H15O2P/c9-7-3-6(1-2-11)4-8(10)5-7/h1,7-10H,2-5,11H2/t7-,8-/m1/s1. The molecule has 0 amide bonds. The van der Waals surface area contributed by atoms with Crippen molar-refractivity contribution in [3.05, 3.63) is 11.6 Å². The Balaban J connectivity index is 2.49. The Bertz CT molecular complexity index is 144. The van der Waals surface area contributed by atoms with Crippen molar-refractivity contribution in [2.24, 2.45) is 0 Å². The van der Waals surface area contributed by atoms with Gasteiger partial charge in [-0.05, 0) is 25.4 Å². The van der Waals surface area contributed by atoms with Crippen molar-refractivity contribution < 1.29 is 10.2 Å². The first-order valence-corrected chi connectivity index (χ1v) is 4.78. The van der Waals surface area contributed by atoms with Gasteiger partial charge in [0.25, 0.3) is 0 Å². The van der Waals surface area contributed by atoms with Crippen molar-refractivity contribution in [1.29, 1.82) is 0 Å². The van der Waals surface area contributed by atoms with Crippen LogP contribution in [-0.4, -0.2) is 28.6 Å². The van der Waals surface area contributed by atoms with Crippen molar-refractivity contribution in [2.45, 2.75) is 31.5 Å². The molecule has 1 saturated carbocycles. The fourth-order valence-corrected chi connectivity index (χ4v) is 1.84. The minimum atomic E-state index is -0.332. The van der Waals surface area contributed by atoms with E-state index in [-0.39, 0.29) is 12.2 Å². The molecule has 0 radical (unpaired) electrons. The average molecular weight is 174 g/mol. The van der Waals surface area contributed by atoms with Gasteiger partial charge in [-0.25, -0.2) is 0 Å². The molecule has 1 aliphatic carbocycles. The molecule has 11 heavy (non-hydrogen) atoms. The summed E-state index contributed by atoms with van der Waals surface area (Å²) >= 11 is 0. The molecular formula is C8H15O2P. The Morgan fingerprint density at radius 3 is 2.36 bits per heavy atom. The second-order valence-electron chi connectivity index (χ2n) is 3.05. The Kier molecular flexibility index (Phi) is 3.50. The molecule has 2 nitrogen and oxygen atoms in total. The second-order valence-corrected chi connectivity index (χ2v) is 3.52. The fourth-order valence-electron chi connectivity index (χ4n) is 1.50. The molecule has 0 bridgehead atoms. The third-order valence-electron chi connectivity index (χ3n) is 1.95. The van der Waals surface area contributed by atoms with Crippen molar-refractivity contribution >= 4 is 9.24 Å². The molecule has 1 rings (SSSR count). The van der Waals surface area contributed by atoms with E-state index >= 15 is 0 Å². The van der Waals surface area contributed by atoms with Crippen molar-refractivity contribution in [3.8, 4) is 0 Å². The van der Waals surface area contributed by atoms with Gasteiger partial charge in [0.1, 0.15) is 0 Å². The van der Waals surface area contributed by atoms with Gasteiger partial charge in [-0.1, -0.05) is 11.6 Å². The van der Waals surface area contributed by atoms with Crippen LogP contribution in [0, 0.1) is 0 Å². The number of aliphatic hydroxyl groups excluding tert-OH is 2. The molecule has 64 valence electrons. The Hall–Kier alpha value is 0.0900. The van der Waals surface area contributed by atoms with Gasteiger partial charge >= 0.3 is 0 Å². The maximum absolute atomic E-state index is 9.27. The normalized spacial score (nSPS) is 32.1. The number of rotatable bonds is 1. The second kappa shape index (κ2) is 4.20. The summed E-state index contributed by atoms with van der Waals surface area (Å²) in [6.07, 6.45) is 4.33. The third-order valence-corrected chi connectivity index (χ3v) is 2.18. The number of hydrogen-bond acceptors (Lipinski definition) is 2. The molecule has 1 fully saturated rings. The Morgan fingerprint density at radius 1 is 1.36 bits per heavy atom. The Morgan fingerprint density at radius 2 is 1.91 bits per heavy atom. The fraction of sp³-hybridized carbons (Fsp3) is 0.750. The molecule has 3 atom stereocenters. The predicted molar refractivity (Wildman–Crippen MR) is 48.5 cm³/mol. The van der Waals surface area contributed by atoms with E-state index in [1.807, 2.05) is 0 Å². The summed E-state index contributed by atoms with van der Waals surface area (Å²) < 4.78 is 0. The van der Waals surface area contributed by atoms with Gasteiger partial charge in [0.2, 0.25) is 0 Å². The van der Waals surface area contributed by atoms with Gasteiger partial charge < -0.3 is 10.2 Å². The SMILES string of the molecule is O[C@@H]1CC(=CCP)C[C@@H](O)C1. The van der Waals surface area contributed by atoms with E-state index in [4.69, 9.17) is 0 Å². The summed E-state index contributed by atoms with van der Waals surface area (Å²) in [4.78, 5) is 0. The smallest absolute Gasteiger partial charge is 0.0602 e. The quantitative estimate of drug-likeness (QED) is 0.453. The zero-order chi connectivity index (χ0) is 8.27. The van der Waals surface area contributed by atoms with E-state index in [2.05, 4.69) is 15.3 Å². The molecular weight excluding hydrogens is 159 g/mol. The van der Waals surface area contributed by atoms with Crippen LogP contribution in [0.3, 0.4) is 0 Å². The highest BCUT2D eigenvalue weighted by molar-refractivity contribution is 7.16. The van der Waals surface area contributed by atoms with E-state index in [0.29, 0.717) is 6.42 Å². The third kappa shape index (κ3) is 2.90. The lowest BCUT2D eigenvalue weighted by molar-refractivity contribution is 0.0609. The van der Waals surface area contributed by atoms with Gasteiger partial charge in [0.15, 0.2) is 0 Å². The monoisotopic (exact) mass is 174 g/mol. The van der Waals surface area contributed by atoms with E-state index in [1.165, 1.54) is 5.57 Å².